The zero-order valence-electron chi connectivity index (χ0n) is 5.48. The Kier molecular flexibility index (Phi) is 1.78. The molecule has 0 atom stereocenters. The molecule has 0 aromatic heterocycles. The Balaban J connectivity index is 2.54. The Bertz CT molecular complexity index is 147. The molecule has 1 aliphatic carbocycles. The second-order valence-corrected chi connectivity index (χ2v) is 2.21. The monoisotopic (exact) mass is 124 g/mol. The number of hydrogen-bond acceptors (Lipinski definition) is 2. The number of nitrogens with one attached hydrogen (secondary N) is 1. The van der Waals surface area contributed by atoms with Crippen LogP contribution in [0.2, 0.25) is 0 Å². The summed E-state index contributed by atoms with van der Waals surface area (Å²) in [6.45, 7) is 3.56. The largest absolute Gasteiger partial charge is 0.401 e. The maximum absolute atomic E-state index is 5.63. The Morgan fingerprint density at radius 2 is 2.33 bits per heavy atom. The van der Waals surface area contributed by atoms with Gasteiger partial charge in [0.25, 0.3) is 0 Å². The van der Waals surface area contributed by atoms with Gasteiger partial charge in [-0.05, 0) is 25.5 Å². The summed E-state index contributed by atoms with van der Waals surface area (Å²) in [6.07, 6.45) is 4.98. The van der Waals surface area contributed by atoms with Gasteiger partial charge < -0.3 is 11.1 Å². The molecule has 1 rings (SSSR count). The van der Waals surface area contributed by atoms with Gasteiger partial charge in [-0.15, -0.1) is 0 Å². The van der Waals surface area contributed by atoms with E-state index in [9.17, 15) is 0 Å². The molecule has 0 saturated carbocycles. The van der Waals surface area contributed by atoms with E-state index < -0.39 is 0 Å². The second-order valence-electron chi connectivity index (χ2n) is 2.21. The third-order valence-electron chi connectivity index (χ3n) is 1.54. The van der Waals surface area contributed by atoms with Crippen LogP contribution in [-0.2, 0) is 0 Å². The normalized spacial score (nSPS) is 18.2. The van der Waals surface area contributed by atoms with Crippen molar-refractivity contribution in [3.05, 3.63) is 24.2 Å². The van der Waals surface area contributed by atoms with E-state index in [1.807, 2.05) is 0 Å². The summed E-state index contributed by atoms with van der Waals surface area (Å²) < 4.78 is 0. The maximum atomic E-state index is 5.63. The molecule has 0 fully saturated rings. The Morgan fingerprint density at radius 1 is 1.56 bits per heavy atom. The fourth-order valence-corrected chi connectivity index (χ4v) is 1.06. The molecular weight excluding hydrogens is 112 g/mol. The topological polar surface area (TPSA) is 38.0 Å². The third-order valence-corrected chi connectivity index (χ3v) is 1.54. The number of rotatable bonds is 2. The highest BCUT2D eigenvalue weighted by Gasteiger charge is 2.08. The molecule has 0 heterocycles. The molecule has 3 N–H and O–H groups in total. The van der Waals surface area contributed by atoms with Crippen molar-refractivity contribution in [3.63, 3.8) is 0 Å². The van der Waals surface area contributed by atoms with Crippen molar-refractivity contribution in [2.75, 3.05) is 0 Å². The predicted molar refractivity (Wildman–Crippen MR) is 38.4 cm³/mol. The molecule has 0 aromatic carbocycles. The third kappa shape index (κ3) is 1.25. The molecule has 1 aliphatic rings. The molecule has 0 saturated heterocycles. The van der Waals surface area contributed by atoms with Crippen LogP contribution in [0.15, 0.2) is 24.2 Å². The van der Waals surface area contributed by atoms with Crippen molar-refractivity contribution in [2.45, 2.75) is 19.3 Å². The molecule has 9 heavy (non-hydrogen) atoms. The van der Waals surface area contributed by atoms with Crippen LogP contribution in [0.5, 0.6) is 0 Å². The van der Waals surface area contributed by atoms with Crippen LogP contribution in [-0.4, -0.2) is 0 Å². The van der Waals surface area contributed by atoms with E-state index in [0.29, 0.717) is 0 Å². The van der Waals surface area contributed by atoms with Gasteiger partial charge in [0.05, 0.1) is 0 Å². The van der Waals surface area contributed by atoms with E-state index in [-0.39, 0.29) is 0 Å². The number of allylic oxidation sites excluding steroid dienone is 2. The van der Waals surface area contributed by atoms with Crippen molar-refractivity contribution < 1.29 is 0 Å². The molecular formula is C7H12N2. The minimum atomic E-state index is 0.995. The summed E-state index contributed by atoms with van der Waals surface area (Å²) in [5.74, 6) is 0. The first-order valence-electron chi connectivity index (χ1n) is 3.19. The molecule has 0 bridgehead atoms. The summed E-state index contributed by atoms with van der Waals surface area (Å²) in [5, 5.41) is 3.01. The fourth-order valence-electron chi connectivity index (χ4n) is 1.06. The highest BCUT2D eigenvalue weighted by molar-refractivity contribution is 5.15. The molecule has 0 aromatic rings. The van der Waals surface area contributed by atoms with Crippen molar-refractivity contribution >= 4 is 0 Å². The first-order chi connectivity index (χ1) is 4.34. The summed E-state index contributed by atoms with van der Waals surface area (Å²) in [6, 6.07) is 0. The highest BCUT2D eigenvalue weighted by Crippen LogP contribution is 2.19. The lowest BCUT2D eigenvalue weighted by molar-refractivity contribution is 0.862. The van der Waals surface area contributed by atoms with Crippen LogP contribution >= 0.6 is 0 Å². The molecule has 2 nitrogen and oxygen atoms in total. The van der Waals surface area contributed by atoms with Gasteiger partial charge in [0.2, 0.25) is 0 Å². The Morgan fingerprint density at radius 3 is 2.78 bits per heavy atom. The van der Waals surface area contributed by atoms with Gasteiger partial charge in [0.15, 0.2) is 0 Å². The van der Waals surface area contributed by atoms with E-state index >= 15 is 0 Å². The van der Waals surface area contributed by atoms with Gasteiger partial charge in [-0.2, -0.15) is 0 Å². The van der Waals surface area contributed by atoms with Crippen molar-refractivity contribution in [3.8, 4) is 0 Å². The Hall–Kier alpha value is -0.920. The summed E-state index contributed by atoms with van der Waals surface area (Å²) >= 11 is 0. The van der Waals surface area contributed by atoms with Gasteiger partial charge in [-0.25, -0.2) is 0 Å². The molecule has 50 valence electrons. The van der Waals surface area contributed by atoms with Crippen molar-refractivity contribution in [1.82, 2.24) is 5.32 Å². The van der Waals surface area contributed by atoms with E-state index in [2.05, 4.69) is 11.9 Å². The van der Waals surface area contributed by atoms with Crippen LogP contribution in [0.1, 0.15) is 19.3 Å². The summed E-state index contributed by atoms with van der Waals surface area (Å²) in [4.78, 5) is 0. The summed E-state index contributed by atoms with van der Waals surface area (Å²) in [5.41, 5.74) is 7.79. The van der Waals surface area contributed by atoms with Crippen LogP contribution < -0.4 is 11.1 Å². The first kappa shape index (κ1) is 6.20. The average Bonchev–Trinajstić information content (AvgIpc) is 2.18. The average molecular weight is 124 g/mol. The van der Waals surface area contributed by atoms with Crippen molar-refractivity contribution in [1.29, 1.82) is 0 Å². The molecule has 0 amide bonds. The van der Waals surface area contributed by atoms with Gasteiger partial charge in [-0.1, -0.05) is 6.58 Å². The smallest absolute Gasteiger partial charge is 0.0337 e. The zero-order chi connectivity index (χ0) is 6.69. The van der Waals surface area contributed by atoms with E-state index in [4.69, 9.17) is 5.73 Å². The first-order valence-corrected chi connectivity index (χ1v) is 3.19. The van der Waals surface area contributed by atoms with Gasteiger partial charge in [0.1, 0.15) is 0 Å². The Labute approximate surface area is 55.4 Å². The lowest BCUT2D eigenvalue weighted by Crippen LogP contribution is -2.07. The van der Waals surface area contributed by atoms with Crippen LogP contribution in [0.3, 0.4) is 0 Å². The minimum absolute atomic E-state index is 0.995. The SMILES string of the molecule is C=CNC1=C(N)CCC1. The molecule has 0 unspecified atom stereocenters. The number of nitrogens with two attached hydrogens (primary N) is 1. The second kappa shape index (κ2) is 2.58. The minimum Gasteiger partial charge on any atom is -0.401 e. The van der Waals surface area contributed by atoms with Gasteiger partial charge >= 0.3 is 0 Å². The van der Waals surface area contributed by atoms with Crippen LogP contribution in [0, 0.1) is 0 Å². The molecule has 2 heteroatoms. The predicted octanol–water partition coefficient (Wildman–Crippen LogP) is 1.07. The quantitative estimate of drug-likeness (QED) is 0.578. The van der Waals surface area contributed by atoms with Gasteiger partial charge in [-0.3, -0.25) is 0 Å². The standard InChI is InChI=1S/C7H12N2/c1-2-9-7-5-3-4-6(7)8/h2,9H,1,3-5,8H2. The highest BCUT2D eigenvalue weighted by atomic mass is 14.9. The van der Waals surface area contributed by atoms with Crippen LogP contribution in [0.25, 0.3) is 0 Å². The van der Waals surface area contributed by atoms with Crippen LogP contribution in [0.4, 0.5) is 0 Å². The lowest BCUT2D eigenvalue weighted by Gasteiger charge is -1.99. The fraction of sp³-hybridized carbons (Fsp3) is 0.429. The molecule has 0 spiro atoms. The zero-order valence-corrected chi connectivity index (χ0v) is 5.48. The molecule has 0 aliphatic heterocycles. The van der Waals surface area contributed by atoms with E-state index in [1.54, 1.807) is 6.20 Å². The van der Waals surface area contributed by atoms with E-state index in [1.165, 1.54) is 6.42 Å². The van der Waals surface area contributed by atoms with E-state index in [0.717, 1.165) is 24.2 Å². The molecule has 0 radical (unpaired) electrons. The number of hydrogen-bond donors (Lipinski definition) is 2. The lowest BCUT2D eigenvalue weighted by atomic mass is 10.3. The maximum Gasteiger partial charge on any atom is 0.0337 e. The van der Waals surface area contributed by atoms with Crippen molar-refractivity contribution in [2.24, 2.45) is 5.73 Å². The summed E-state index contributed by atoms with van der Waals surface area (Å²) in [7, 11) is 0. The van der Waals surface area contributed by atoms with Gasteiger partial charge in [0, 0.05) is 11.4 Å².